The third-order valence-corrected chi connectivity index (χ3v) is 5.40. The Hall–Kier alpha value is -1.76. The molecular weight excluding hydrogens is 415 g/mol. The number of halogens is 3. The molecule has 0 spiro atoms. The number of carbonyl (C=O) groups is 2. The van der Waals surface area contributed by atoms with Crippen molar-refractivity contribution in [1.29, 1.82) is 0 Å². The summed E-state index contributed by atoms with van der Waals surface area (Å²) in [5.41, 5.74) is 0. The Morgan fingerprint density at radius 1 is 1.41 bits per heavy atom. The zero-order valence-corrected chi connectivity index (χ0v) is 16.9. The number of aromatic nitrogens is 1. The van der Waals surface area contributed by atoms with Crippen LogP contribution in [0.4, 0.5) is 13.2 Å². The molecule has 0 unspecified atom stereocenters. The molecule has 2 aliphatic rings. The Morgan fingerprint density at radius 2 is 2.10 bits per heavy atom. The number of alkyl halides is 3. The van der Waals surface area contributed by atoms with Gasteiger partial charge in [0, 0.05) is 38.3 Å². The molecule has 3 atom stereocenters. The highest BCUT2D eigenvalue weighted by Gasteiger charge is 2.43. The lowest BCUT2D eigenvalue weighted by atomic mass is 10.1. The Balaban J connectivity index is 0.000000370. The lowest BCUT2D eigenvalue weighted by Gasteiger charge is -2.38. The molecule has 0 radical (unpaired) electrons. The van der Waals surface area contributed by atoms with E-state index in [1.807, 2.05) is 11.6 Å². The molecule has 1 saturated heterocycles. The standard InChI is InChI=1S/C15H23N3O3S.C2HF3O2/c1-17(2)14(19)10-21-12-4-3-11-15(12)20-7-6-18(11)9-13-16-5-8-22-13;3-2(4,5)1(6)7/h5,8,11-12,15H,3-4,6-7,9-10H2,1-2H3;(H,6,7)/t11-,12+,15+;/m0./s1. The molecule has 1 aromatic rings. The van der Waals surface area contributed by atoms with Gasteiger partial charge in [-0.1, -0.05) is 0 Å². The second-order valence-electron chi connectivity index (χ2n) is 6.82. The summed E-state index contributed by atoms with van der Waals surface area (Å²) in [6, 6.07) is 0.372. The van der Waals surface area contributed by atoms with Crippen LogP contribution in [0.15, 0.2) is 11.6 Å². The number of amides is 1. The second-order valence-corrected chi connectivity index (χ2v) is 7.80. The van der Waals surface area contributed by atoms with Gasteiger partial charge in [-0.15, -0.1) is 11.3 Å². The summed E-state index contributed by atoms with van der Waals surface area (Å²) in [5.74, 6) is -2.76. The van der Waals surface area contributed by atoms with Crippen LogP contribution in [0.5, 0.6) is 0 Å². The molecule has 1 aliphatic heterocycles. The maximum absolute atomic E-state index is 11.7. The molecule has 3 rings (SSSR count). The van der Waals surface area contributed by atoms with Crippen LogP contribution in [-0.2, 0) is 25.6 Å². The third kappa shape index (κ3) is 6.91. The van der Waals surface area contributed by atoms with E-state index in [9.17, 15) is 18.0 Å². The van der Waals surface area contributed by atoms with Crippen LogP contribution in [0.25, 0.3) is 0 Å². The molecule has 29 heavy (non-hydrogen) atoms. The number of carboxylic acid groups (broad SMARTS) is 1. The maximum atomic E-state index is 11.7. The SMILES string of the molecule is CN(C)C(=O)CO[C@@H]1CC[C@H]2[C@H]1OCCN2Cc1nccs1.O=C(O)C(F)(F)F. The van der Waals surface area contributed by atoms with Crippen molar-refractivity contribution in [1.82, 2.24) is 14.8 Å². The lowest BCUT2D eigenvalue weighted by Crippen LogP contribution is -2.51. The van der Waals surface area contributed by atoms with Gasteiger partial charge in [0.1, 0.15) is 11.6 Å². The van der Waals surface area contributed by atoms with Crippen molar-refractivity contribution in [2.75, 3.05) is 33.9 Å². The van der Waals surface area contributed by atoms with Crippen LogP contribution >= 0.6 is 11.3 Å². The summed E-state index contributed by atoms with van der Waals surface area (Å²) in [6.07, 6.45) is -1.14. The highest BCUT2D eigenvalue weighted by atomic mass is 32.1. The number of nitrogens with zero attached hydrogens (tertiary/aromatic N) is 3. The highest BCUT2D eigenvalue weighted by molar-refractivity contribution is 7.09. The highest BCUT2D eigenvalue weighted by Crippen LogP contribution is 2.33. The molecule has 1 aromatic heterocycles. The second kappa shape index (κ2) is 10.3. The molecule has 164 valence electrons. The minimum Gasteiger partial charge on any atom is -0.475 e. The normalized spacial score (nSPS) is 24.4. The van der Waals surface area contributed by atoms with Gasteiger partial charge >= 0.3 is 12.1 Å². The molecule has 0 bridgehead atoms. The van der Waals surface area contributed by atoms with Crippen molar-refractivity contribution < 1.29 is 37.3 Å². The predicted molar refractivity (Wildman–Crippen MR) is 97.4 cm³/mol. The van der Waals surface area contributed by atoms with Gasteiger partial charge < -0.3 is 19.5 Å². The first-order valence-corrected chi connectivity index (χ1v) is 9.83. The predicted octanol–water partition coefficient (Wildman–Crippen LogP) is 1.61. The van der Waals surface area contributed by atoms with Crippen LogP contribution in [0.2, 0.25) is 0 Å². The molecule has 12 heteroatoms. The van der Waals surface area contributed by atoms with Crippen molar-refractivity contribution >= 4 is 23.2 Å². The van der Waals surface area contributed by atoms with Crippen molar-refractivity contribution in [3.05, 3.63) is 16.6 Å². The Morgan fingerprint density at radius 3 is 2.66 bits per heavy atom. The minimum atomic E-state index is -5.08. The third-order valence-electron chi connectivity index (χ3n) is 4.63. The Labute approximate surface area is 170 Å². The molecule has 1 amide bonds. The molecular formula is C17H24F3N3O5S. The number of fused-ring (bicyclic) bond motifs is 1. The van der Waals surface area contributed by atoms with Gasteiger partial charge in [0.25, 0.3) is 0 Å². The van der Waals surface area contributed by atoms with E-state index in [-0.39, 0.29) is 24.7 Å². The van der Waals surface area contributed by atoms with Gasteiger partial charge in [-0.05, 0) is 12.8 Å². The number of hydrogen-bond donors (Lipinski definition) is 1. The van der Waals surface area contributed by atoms with Gasteiger partial charge in [-0.3, -0.25) is 9.69 Å². The van der Waals surface area contributed by atoms with Crippen LogP contribution in [0.3, 0.4) is 0 Å². The van der Waals surface area contributed by atoms with E-state index in [1.165, 1.54) is 0 Å². The number of rotatable bonds is 5. The van der Waals surface area contributed by atoms with E-state index >= 15 is 0 Å². The van der Waals surface area contributed by atoms with Gasteiger partial charge in [-0.25, -0.2) is 9.78 Å². The number of ether oxygens (including phenoxy) is 2. The van der Waals surface area contributed by atoms with E-state index in [1.54, 1.807) is 30.3 Å². The molecule has 1 N–H and O–H groups in total. The zero-order chi connectivity index (χ0) is 21.6. The first-order chi connectivity index (χ1) is 13.6. The fourth-order valence-corrected chi connectivity index (χ4v) is 3.82. The van der Waals surface area contributed by atoms with Gasteiger partial charge in [-0.2, -0.15) is 13.2 Å². The zero-order valence-electron chi connectivity index (χ0n) is 16.1. The number of carboxylic acids is 1. The molecule has 0 aromatic carbocycles. The Kier molecular flexibility index (Phi) is 8.37. The van der Waals surface area contributed by atoms with Gasteiger partial charge in [0.15, 0.2) is 0 Å². The summed E-state index contributed by atoms with van der Waals surface area (Å²) in [5, 5.41) is 10.3. The number of hydrogen-bond acceptors (Lipinski definition) is 7. The largest absolute Gasteiger partial charge is 0.490 e. The quantitative estimate of drug-likeness (QED) is 0.745. The van der Waals surface area contributed by atoms with Crippen LogP contribution in [0, 0.1) is 0 Å². The van der Waals surface area contributed by atoms with Gasteiger partial charge in [0.2, 0.25) is 5.91 Å². The molecule has 2 heterocycles. The average Bonchev–Trinajstić information content (AvgIpc) is 3.29. The lowest BCUT2D eigenvalue weighted by molar-refractivity contribution is -0.192. The van der Waals surface area contributed by atoms with Crippen LogP contribution in [0.1, 0.15) is 17.8 Å². The molecule has 2 fully saturated rings. The summed E-state index contributed by atoms with van der Waals surface area (Å²) in [7, 11) is 3.49. The molecule has 1 aliphatic carbocycles. The summed E-state index contributed by atoms with van der Waals surface area (Å²) < 4.78 is 43.5. The average molecular weight is 439 g/mol. The minimum absolute atomic E-state index is 0.00102. The Bertz CT molecular complexity index is 672. The number of morpholine rings is 1. The number of carbonyl (C=O) groups excluding carboxylic acids is 1. The number of likely N-dealkylation sites (N-methyl/N-ethyl adjacent to an activating group) is 1. The topological polar surface area (TPSA) is 92.2 Å². The molecule has 8 nitrogen and oxygen atoms in total. The first kappa shape index (κ1) is 23.5. The van der Waals surface area contributed by atoms with Crippen molar-refractivity contribution in [2.24, 2.45) is 0 Å². The monoisotopic (exact) mass is 439 g/mol. The van der Waals surface area contributed by atoms with E-state index in [4.69, 9.17) is 19.4 Å². The van der Waals surface area contributed by atoms with E-state index in [0.29, 0.717) is 12.6 Å². The van der Waals surface area contributed by atoms with Gasteiger partial charge in [0.05, 0.1) is 25.4 Å². The van der Waals surface area contributed by atoms with E-state index < -0.39 is 12.1 Å². The van der Waals surface area contributed by atoms with E-state index in [2.05, 4.69) is 9.88 Å². The maximum Gasteiger partial charge on any atom is 0.490 e. The van der Waals surface area contributed by atoms with Crippen LogP contribution in [-0.4, -0.2) is 90.0 Å². The van der Waals surface area contributed by atoms with Crippen LogP contribution < -0.4 is 0 Å². The molecule has 1 saturated carbocycles. The first-order valence-electron chi connectivity index (χ1n) is 8.95. The fraction of sp³-hybridized carbons (Fsp3) is 0.706. The van der Waals surface area contributed by atoms with Crippen molar-refractivity contribution in [2.45, 2.75) is 43.8 Å². The summed E-state index contributed by atoms with van der Waals surface area (Å²) in [4.78, 5) is 29.0. The fourth-order valence-electron chi connectivity index (χ4n) is 3.18. The van der Waals surface area contributed by atoms with Crippen molar-refractivity contribution in [3.63, 3.8) is 0 Å². The number of aliphatic carboxylic acids is 1. The summed E-state index contributed by atoms with van der Waals surface area (Å²) >= 11 is 1.69. The smallest absolute Gasteiger partial charge is 0.475 e. The van der Waals surface area contributed by atoms with E-state index in [0.717, 1.165) is 30.9 Å². The summed E-state index contributed by atoms with van der Waals surface area (Å²) in [6.45, 7) is 2.67. The van der Waals surface area contributed by atoms with Crippen molar-refractivity contribution in [3.8, 4) is 0 Å². The number of thiazole rings is 1.